The van der Waals surface area contributed by atoms with Crippen LogP contribution in [-0.2, 0) is 17.6 Å². The largest absolute Gasteiger partial charge is 0.493 e. The maximum atomic E-state index is 12.2. The van der Waals surface area contributed by atoms with Gasteiger partial charge in [0.2, 0.25) is 11.7 Å². The highest BCUT2D eigenvalue weighted by atomic mass is 19.3. The fourth-order valence-electron chi connectivity index (χ4n) is 2.23. The maximum absolute atomic E-state index is 12.2. The highest BCUT2D eigenvalue weighted by Crippen LogP contribution is 2.30. The third kappa shape index (κ3) is 2.91. The molecule has 21 heavy (non-hydrogen) atoms. The third-order valence-electron chi connectivity index (χ3n) is 3.30. The van der Waals surface area contributed by atoms with Crippen LogP contribution in [0.4, 0.5) is 8.78 Å². The molecule has 0 aliphatic carbocycles. The number of ether oxygens (including phenoxy) is 1. The zero-order valence-corrected chi connectivity index (χ0v) is 11.0. The van der Waals surface area contributed by atoms with Gasteiger partial charge in [-0.1, -0.05) is 23.4 Å². The van der Waals surface area contributed by atoms with Crippen molar-refractivity contribution in [3.8, 4) is 5.75 Å². The summed E-state index contributed by atoms with van der Waals surface area (Å²) < 4.78 is 34.8. The van der Waals surface area contributed by atoms with Crippen molar-refractivity contribution in [3.05, 3.63) is 41.5 Å². The summed E-state index contributed by atoms with van der Waals surface area (Å²) in [6.07, 6.45) is -2.89. The Kier molecular flexibility index (Phi) is 3.64. The summed E-state index contributed by atoms with van der Waals surface area (Å²) in [4.78, 5) is 15.0. The van der Waals surface area contributed by atoms with Crippen molar-refractivity contribution in [1.29, 1.82) is 0 Å². The Morgan fingerprint density at radius 2 is 2.19 bits per heavy atom. The molecule has 0 spiro atoms. The predicted molar refractivity (Wildman–Crippen MR) is 67.4 cm³/mol. The first-order chi connectivity index (χ1) is 10.1. The van der Waals surface area contributed by atoms with E-state index < -0.39 is 18.6 Å². The van der Waals surface area contributed by atoms with Crippen LogP contribution in [0.5, 0.6) is 5.75 Å². The molecule has 0 N–H and O–H groups in total. The van der Waals surface area contributed by atoms with Gasteiger partial charge in [-0.25, -0.2) is 8.78 Å². The molecule has 1 aliphatic heterocycles. The van der Waals surface area contributed by atoms with Crippen molar-refractivity contribution in [2.75, 3.05) is 6.61 Å². The maximum Gasteiger partial charge on any atom is 0.296 e. The van der Waals surface area contributed by atoms with Crippen LogP contribution in [0.2, 0.25) is 0 Å². The lowest BCUT2D eigenvalue weighted by molar-refractivity contribution is -0.129. The SMILES string of the molecule is O=C(Cc1nc(C2COc3ccccc3C2)no1)C(F)F. The molecule has 0 saturated carbocycles. The summed E-state index contributed by atoms with van der Waals surface area (Å²) in [6.45, 7) is 0.388. The number of para-hydroxylation sites is 1. The molecule has 0 saturated heterocycles. The first kappa shape index (κ1) is 13.7. The van der Waals surface area contributed by atoms with Crippen molar-refractivity contribution in [2.24, 2.45) is 0 Å². The summed E-state index contributed by atoms with van der Waals surface area (Å²) in [5, 5.41) is 3.76. The number of benzene rings is 1. The minimum Gasteiger partial charge on any atom is -0.493 e. The second-order valence-corrected chi connectivity index (χ2v) is 4.81. The normalized spacial score (nSPS) is 17.4. The van der Waals surface area contributed by atoms with Crippen LogP contribution in [0.15, 0.2) is 28.8 Å². The molecule has 0 fully saturated rings. The molecule has 0 bridgehead atoms. The highest BCUT2D eigenvalue weighted by Gasteiger charge is 2.26. The number of aromatic nitrogens is 2. The quantitative estimate of drug-likeness (QED) is 0.864. The third-order valence-corrected chi connectivity index (χ3v) is 3.30. The molecule has 1 aliphatic rings. The van der Waals surface area contributed by atoms with E-state index >= 15 is 0 Å². The molecule has 0 radical (unpaired) electrons. The van der Waals surface area contributed by atoms with E-state index in [1.54, 1.807) is 0 Å². The molecule has 0 amide bonds. The monoisotopic (exact) mass is 294 g/mol. The van der Waals surface area contributed by atoms with Crippen molar-refractivity contribution >= 4 is 5.78 Å². The van der Waals surface area contributed by atoms with Gasteiger partial charge < -0.3 is 9.26 Å². The number of alkyl halides is 2. The fourth-order valence-corrected chi connectivity index (χ4v) is 2.23. The molecule has 1 aromatic carbocycles. The molecule has 1 aromatic heterocycles. The molecule has 7 heteroatoms. The number of carbonyl (C=O) groups is 1. The van der Waals surface area contributed by atoms with Gasteiger partial charge >= 0.3 is 0 Å². The fraction of sp³-hybridized carbons (Fsp3) is 0.357. The number of rotatable bonds is 4. The van der Waals surface area contributed by atoms with E-state index in [2.05, 4.69) is 10.1 Å². The van der Waals surface area contributed by atoms with Crippen LogP contribution < -0.4 is 4.74 Å². The first-order valence-corrected chi connectivity index (χ1v) is 6.47. The molecule has 5 nitrogen and oxygen atoms in total. The van der Waals surface area contributed by atoms with Gasteiger partial charge in [-0.05, 0) is 18.1 Å². The van der Waals surface area contributed by atoms with Crippen molar-refractivity contribution in [3.63, 3.8) is 0 Å². The van der Waals surface area contributed by atoms with Crippen LogP contribution in [0, 0.1) is 0 Å². The van der Waals surface area contributed by atoms with Gasteiger partial charge in [-0.3, -0.25) is 4.79 Å². The summed E-state index contributed by atoms with van der Waals surface area (Å²) in [7, 11) is 0. The molecule has 110 valence electrons. The molecular weight excluding hydrogens is 282 g/mol. The van der Waals surface area contributed by atoms with Gasteiger partial charge in [-0.15, -0.1) is 0 Å². The standard InChI is InChI=1S/C14H12F2N2O3/c15-13(16)10(19)6-12-17-14(18-21-12)9-5-8-3-1-2-4-11(8)20-7-9/h1-4,9,13H,5-7H2. The van der Waals surface area contributed by atoms with Gasteiger partial charge in [0, 0.05) is 0 Å². The van der Waals surface area contributed by atoms with Crippen LogP contribution in [0.1, 0.15) is 23.2 Å². The van der Waals surface area contributed by atoms with Crippen LogP contribution in [-0.4, -0.2) is 29.0 Å². The van der Waals surface area contributed by atoms with E-state index in [0.717, 1.165) is 11.3 Å². The number of carbonyl (C=O) groups excluding carboxylic acids is 1. The average Bonchev–Trinajstić information content (AvgIpc) is 2.95. The zero-order chi connectivity index (χ0) is 14.8. The summed E-state index contributed by atoms with van der Waals surface area (Å²) in [5.41, 5.74) is 1.03. The number of nitrogens with zero attached hydrogens (tertiary/aromatic N) is 2. The Hall–Kier alpha value is -2.31. The Labute approximate surface area is 118 Å². The van der Waals surface area contributed by atoms with E-state index in [1.807, 2.05) is 24.3 Å². The van der Waals surface area contributed by atoms with Crippen LogP contribution in [0.25, 0.3) is 0 Å². The molecule has 1 unspecified atom stereocenters. The van der Waals surface area contributed by atoms with E-state index in [-0.39, 0.29) is 11.8 Å². The molecule has 1 atom stereocenters. The van der Waals surface area contributed by atoms with Crippen molar-refractivity contribution < 1.29 is 22.8 Å². The van der Waals surface area contributed by atoms with E-state index in [4.69, 9.17) is 9.26 Å². The lowest BCUT2D eigenvalue weighted by Gasteiger charge is -2.22. The number of ketones is 1. The first-order valence-electron chi connectivity index (χ1n) is 6.47. The second kappa shape index (κ2) is 5.59. The number of hydrogen-bond donors (Lipinski definition) is 0. The smallest absolute Gasteiger partial charge is 0.296 e. The van der Waals surface area contributed by atoms with E-state index in [9.17, 15) is 13.6 Å². The summed E-state index contributed by atoms with van der Waals surface area (Å²) in [6, 6.07) is 7.63. The number of Topliss-reactive ketones (excluding diaryl/α,β-unsaturated/α-hetero) is 1. The Balaban J connectivity index is 1.72. The number of hydrogen-bond acceptors (Lipinski definition) is 5. The average molecular weight is 294 g/mol. The van der Waals surface area contributed by atoms with Crippen LogP contribution in [0.3, 0.4) is 0 Å². The lowest BCUT2D eigenvalue weighted by atomic mass is 9.96. The molecule has 3 rings (SSSR count). The van der Waals surface area contributed by atoms with Gasteiger partial charge in [-0.2, -0.15) is 4.98 Å². The molecule has 2 heterocycles. The predicted octanol–water partition coefficient (Wildman–Crippen LogP) is 2.17. The van der Waals surface area contributed by atoms with Gasteiger partial charge in [0.1, 0.15) is 5.75 Å². The zero-order valence-electron chi connectivity index (χ0n) is 11.0. The van der Waals surface area contributed by atoms with Crippen molar-refractivity contribution in [2.45, 2.75) is 25.2 Å². The van der Waals surface area contributed by atoms with Gasteiger partial charge in [0.05, 0.1) is 18.9 Å². The van der Waals surface area contributed by atoms with E-state index in [0.29, 0.717) is 18.9 Å². The topological polar surface area (TPSA) is 65.2 Å². The van der Waals surface area contributed by atoms with Gasteiger partial charge in [0.25, 0.3) is 6.43 Å². The molecular formula is C14H12F2N2O3. The Morgan fingerprint density at radius 1 is 1.38 bits per heavy atom. The number of halogens is 2. The van der Waals surface area contributed by atoms with Crippen molar-refractivity contribution in [1.82, 2.24) is 10.1 Å². The van der Waals surface area contributed by atoms with E-state index in [1.165, 1.54) is 0 Å². The summed E-state index contributed by atoms with van der Waals surface area (Å²) in [5.74, 6) is -0.226. The molecule has 2 aromatic rings. The van der Waals surface area contributed by atoms with Gasteiger partial charge in [0.15, 0.2) is 5.82 Å². The number of fused-ring (bicyclic) bond motifs is 1. The minimum atomic E-state index is -3.02. The van der Waals surface area contributed by atoms with Crippen LogP contribution >= 0.6 is 0 Å². The second-order valence-electron chi connectivity index (χ2n) is 4.81. The lowest BCUT2D eigenvalue weighted by Crippen LogP contribution is -2.20. The Bertz CT molecular complexity index is 657. The summed E-state index contributed by atoms with van der Waals surface area (Å²) >= 11 is 0. The highest BCUT2D eigenvalue weighted by molar-refractivity contribution is 5.82. The Morgan fingerprint density at radius 3 is 3.00 bits per heavy atom. The minimum absolute atomic E-state index is 0.0887.